The van der Waals surface area contributed by atoms with Crippen LogP contribution in [0.5, 0.6) is 11.5 Å². The van der Waals surface area contributed by atoms with E-state index in [9.17, 15) is 0 Å². The Morgan fingerprint density at radius 1 is 1.10 bits per heavy atom. The molecule has 2 rings (SSSR count). The van der Waals surface area contributed by atoms with Crippen LogP contribution in [0.2, 0.25) is 0 Å². The van der Waals surface area contributed by atoms with Gasteiger partial charge in [-0.05, 0) is 36.4 Å². The maximum absolute atomic E-state index is 6.01. The van der Waals surface area contributed by atoms with Crippen molar-refractivity contribution in [2.75, 3.05) is 20.0 Å². The molecule has 20 heavy (non-hydrogen) atoms. The number of nitrogen functional groups attached to an aromatic ring is 1. The van der Waals surface area contributed by atoms with Crippen molar-refractivity contribution < 1.29 is 9.47 Å². The van der Waals surface area contributed by atoms with Crippen LogP contribution in [0.4, 0.5) is 5.69 Å². The summed E-state index contributed by atoms with van der Waals surface area (Å²) < 4.78 is 11.6. The molecular formula is C15H16BrNO2S. The zero-order chi connectivity index (χ0) is 14.5. The summed E-state index contributed by atoms with van der Waals surface area (Å²) in [6.45, 7) is 0. The summed E-state index contributed by atoms with van der Waals surface area (Å²) in [7, 11) is 3.33. The van der Waals surface area contributed by atoms with Crippen molar-refractivity contribution in [2.24, 2.45) is 0 Å². The third-order valence-electron chi connectivity index (χ3n) is 2.84. The second kappa shape index (κ2) is 6.90. The second-order valence-electron chi connectivity index (χ2n) is 4.15. The number of nitrogens with two attached hydrogens (primary N) is 1. The lowest BCUT2D eigenvalue weighted by Gasteiger charge is -2.11. The van der Waals surface area contributed by atoms with Crippen LogP contribution < -0.4 is 15.2 Å². The quantitative estimate of drug-likeness (QED) is 0.641. The molecular weight excluding hydrogens is 338 g/mol. The van der Waals surface area contributed by atoms with E-state index in [0.717, 1.165) is 37.9 Å². The molecule has 0 saturated heterocycles. The molecule has 0 fully saturated rings. The Hall–Kier alpha value is -1.33. The standard InChI is InChI=1S/C15H16BrNO2S/c1-18-12-4-5-14(19-2)10(7-12)9-20-15-6-3-11(16)8-13(15)17/h3-8H,9,17H2,1-2H3. The van der Waals surface area contributed by atoms with Crippen LogP contribution in [0.1, 0.15) is 5.56 Å². The molecule has 3 nitrogen and oxygen atoms in total. The molecule has 0 aliphatic heterocycles. The number of hydrogen-bond donors (Lipinski definition) is 1. The Morgan fingerprint density at radius 3 is 2.55 bits per heavy atom. The van der Waals surface area contributed by atoms with Crippen LogP contribution in [0, 0.1) is 0 Å². The fraction of sp³-hybridized carbons (Fsp3) is 0.200. The van der Waals surface area contributed by atoms with E-state index in [2.05, 4.69) is 15.9 Å². The molecule has 0 unspecified atom stereocenters. The van der Waals surface area contributed by atoms with Gasteiger partial charge in [0.25, 0.3) is 0 Å². The Kier molecular flexibility index (Phi) is 5.20. The van der Waals surface area contributed by atoms with Crippen LogP contribution in [-0.4, -0.2) is 14.2 Å². The fourth-order valence-electron chi connectivity index (χ4n) is 1.80. The molecule has 2 aromatic carbocycles. The SMILES string of the molecule is COc1ccc(OC)c(CSc2ccc(Br)cc2N)c1. The van der Waals surface area contributed by atoms with Gasteiger partial charge in [-0.3, -0.25) is 0 Å². The van der Waals surface area contributed by atoms with Crippen molar-refractivity contribution in [2.45, 2.75) is 10.6 Å². The molecule has 0 aliphatic carbocycles. The van der Waals surface area contributed by atoms with E-state index in [1.165, 1.54) is 0 Å². The van der Waals surface area contributed by atoms with Crippen LogP contribution in [0.15, 0.2) is 45.8 Å². The third kappa shape index (κ3) is 3.61. The first-order chi connectivity index (χ1) is 9.63. The zero-order valence-electron chi connectivity index (χ0n) is 11.4. The molecule has 0 saturated carbocycles. The summed E-state index contributed by atoms with van der Waals surface area (Å²) in [5, 5.41) is 0. The number of hydrogen-bond acceptors (Lipinski definition) is 4. The minimum Gasteiger partial charge on any atom is -0.497 e. The van der Waals surface area contributed by atoms with Crippen molar-refractivity contribution in [1.29, 1.82) is 0 Å². The largest absolute Gasteiger partial charge is 0.497 e. The monoisotopic (exact) mass is 353 g/mol. The molecule has 0 bridgehead atoms. The van der Waals surface area contributed by atoms with E-state index in [-0.39, 0.29) is 0 Å². The van der Waals surface area contributed by atoms with Crippen molar-refractivity contribution in [1.82, 2.24) is 0 Å². The van der Waals surface area contributed by atoms with Gasteiger partial charge in [-0.25, -0.2) is 0 Å². The van der Waals surface area contributed by atoms with E-state index < -0.39 is 0 Å². The topological polar surface area (TPSA) is 44.5 Å². The molecule has 0 heterocycles. The molecule has 106 valence electrons. The van der Waals surface area contributed by atoms with Crippen LogP contribution in [-0.2, 0) is 5.75 Å². The van der Waals surface area contributed by atoms with Crippen molar-refractivity contribution in [3.8, 4) is 11.5 Å². The van der Waals surface area contributed by atoms with Gasteiger partial charge >= 0.3 is 0 Å². The molecule has 0 aromatic heterocycles. The summed E-state index contributed by atoms with van der Waals surface area (Å²) in [4.78, 5) is 1.05. The lowest BCUT2D eigenvalue weighted by molar-refractivity contribution is 0.400. The highest BCUT2D eigenvalue weighted by atomic mass is 79.9. The van der Waals surface area contributed by atoms with Crippen molar-refractivity contribution >= 4 is 33.4 Å². The lowest BCUT2D eigenvalue weighted by Crippen LogP contribution is -1.93. The Balaban J connectivity index is 2.17. The summed E-state index contributed by atoms with van der Waals surface area (Å²) in [5.41, 5.74) is 7.86. The predicted octanol–water partition coefficient (Wildman–Crippen LogP) is 4.34. The summed E-state index contributed by atoms with van der Waals surface area (Å²) in [6.07, 6.45) is 0. The van der Waals surface area contributed by atoms with Crippen LogP contribution in [0.25, 0.3) is 0 Å². The fourth-order valence-corrected chi connectivity index (χ4v) is 3.11. The summed E-state index contributed by atoms with van der Waals surface area (Å²) >= 11 is 5.08. The molecule has 0 amide bonds. The highest BCUT2D eigenvalue weighted by molar-refractivity contribution is 9.10. The summed E-state index contributed by atoms with van der Waals surface area (Å²) in [6, 6.07) is 11.7. The van der Waals surface area contributed by atoms with Gasteiger partial charge in [0, 0.05) is 26.4 Å². The molecule has 0 atom stereocenters. The lowest BCUT2D eigenvalue weighted by atomic mass is 10.2. The Labute approximate surface area is 131 Å². The number of thioether (sulfide) groups is 1. The first-order valence-corrected chi connectivity index (χ1v) is 7.80. The second-order valence-corrected chi connectivity index (χ2v) is 6.08. The van der Waals surface area contributed by atoms with Crippen molar-refractivity contribution in [3.05, 3.63) is 46.4 Å². The van der Waals surface area contributed by atoms with E-state index >= 15 is 0 Å². The summed E-state index contributed by atoms with van der Waals surface area (Å²) in [5.74, 6) is 2.45. The molecule has 2 N–H and O–H groups in total. The van der Waals surface area contributed by atoms with E-state index in [1.54, 1.807) is 26.0 Å². The average molecular weight is 354 g/mol. The number of anilines is 1. The normalized spacial score (nSPS) is 10.3. The molecule has 2 aromatic rings. The number of ether oxygens (including phenoxy) is 2. The first kappa shape index (κ1) is 15.1. The zero-order valence-corrected chi connectivity index (χ0v) is 13.8. The van der Waals surface area contributed by atoms with Crippen LogP contribution in [0.3, 0.4) is 0 Å². The minimum absolute atomic E-state index is 0.770. The van der Waals surface area contributed by atoms with Gasteiger partial charge in [0.05, 0.1) is 14.2 Å². The average Bonchev–Trinajstić information content (AvgIpc) is 2.46. The van der Waals surface area contributed by atoms with Gasteiger partial charge in [-0.1, -0.05) is 15.9 Å². The Morgan fingerprint density at radius 2 is 1.90 bits per heavy atom. The van der Waals surface area contributed by atoms with Crippen molar-refractivity contribution in [3.63, 3.8) is 0 Å². The number of rotatable bonds is 5. The van der Waals surface area contributed by atoms with E-state index in [1.807, 2.05) is 36.4 Å². The third-order valence-corrected chi connectivity index (χ3v) is 4.47. The van der Waals surface area contributed by atoms with E-state index in [0.29, 0.717) is 0 Å². The maximum atomic E-state index is 6.01. The Bertz CT molecular complexity index is 604. The smallest absolute Gasteiger partial charge is 0.123 e. The van der Waals surface area contributed by atoms with Gasteiger partial charge < -0.3 is 15.2 Å². The minimum atomic E-state index is 0.770. The van der Waals surface area contributed by atoms with E-state index in [4.69, 9.17) is 15.2 Å². The number of methoxy groups -OCH3 is 2. The number of halogens is 1. The highest BCUT2D eigenvalue weighted by Crippen LogP contribution is 2.34. The molecule has 0 radical (unpaired) electrons. The van der Waals surface area contributed by atoms with Gasteiger partial charge in [0.2, 0.25) is 0 Å². The first-order valence-electron chi connectivity index (χ1n) is 6.02. The molecule has 0 aliphatic rings. The van der Waals surface area contributed by atoms with Gasteiger partial charge in [-0.15, -0.1) is 11.8 Å². The molecule has 0 spiro atoms. The van der Waals surface area contributed by atoms with Crippen LogP contribution >= 0.6 is 27.7 Å². The van der Waals surface area contributed by atoms with Gasteiger partial charge in [0.1, 0.15) is 11.5 Å². The van der Waals surface area contributed by atoms with Gasteiger partial charge in [0.15, 0.2) is 0 Å². The maximum Gasteiger partial charge on any atom is 0.123 e. The number of benzene rings is 2. The highest BCUT2D eigenvalue weighted by Gasteiger charge is 2.07. The van der Waals surface area contributed by atoms with Gasteiger partial charge in [-0.2, -0.15) is 0 Å². The predicted molar refractivity (Wildman–Crippen MR) is 87.7 cm³/mol. The molecule has 5 heteroatoms.